The number of carbonyl (C=O) groups is 3. The summed E-state index contributed by atoms with van der Waals surface area (Å²) in [6.45, 7) is 20.4. The number of nitrogens with zero attached hydrogens (tertiary/aromatic N) is 4. The molecule has 1 atom stereocenters. The van der Waals surface area contributed by atoms with Crippen LogP contribution in [-0.4, -0.2) is 101 Å². The molecule has 12 heteroatoms. The third kappa shape index (κ3) is 7.82. The molecule has 2 aromatic heterocycles. The first kappa shape index (κ1) is 37.7. The number of nitrogens with one attached hydrogen (secondary N) is 2. The molecule has 0 saturated carbocycles. The normalized spacial score (nSPS) is 20.1. The van der Waals surface area contributed by atoms with Gasteiger partial charge < -0.3 is 34.5 Å². The summed E-state index contributed by atoms with van der Waals surface area (Å²) in [6.07, 6.45) is 3.46. The summed E-state index contributed by atoms with van der Waals surface area (Å²) < 4.78 is 10.8. The van der Waals surface area contributed by atoms with Gasteiger partial charge >= 0.3 is 12.2 Å². The van der Waals surface area contributed by atoms with Gasteiger partial charge in [-0.1, -0.05) is 24.1 Å². The van der Waals surface area contributed by atoms with Crippen LogP contribution in [-0.2, 0) is 19.7 Å². The molecular weight excluding hydrogens is 677 g/mol. The Labute approximate surface area is 312 Å². The van der Waals surface area contributed by atoms with E-state index in [4.69, 9.17) is 9.47 Å². The van der Waals surface area contributed by atoms with Crippen LogP contribution in [0.5, 0.6) is 0 Å². The van der Waals surface area contributed by atoms with Gasteiger partial charge in [-0.15, -0.1) is 16.3 Å². The molecule has 52 heavy (non-hydrogen) atoms. The van der Waals surface area contributed by atoms with E-state index in [9.17, 15) is 14.4 Å². The summed E-state index contributed by atoms with van der Waals surface area (Å²) in [6, 6.07) is 9.59. The van der Waals surface area contributed by atoms with Crippen LogP contribution in [0.1, 0.15) is 102 Å². The van der Waals surface area contributed by atoms with E-state index in [0.29, 0.717) is 50.8 Å². The van der Waals surface area contributed by atoms with Gasteiger partial charge in [0.15, 0.2) is 0 Å². The summed E-state index contributed by atoms with van der Waals surface area (Å²) in [5.74, 6) is 0.640. The number of aromatic nitrogens is 1. The van der Waals surface area contributed by atoms with Gasteiger partial charge in [0.1, 0.15) is 10.4 Å². The van der Waals surface area contributed by atoms with E-state index in [1.165, 1.54) is 11.1 Å². The molecular formula is C40H56N6O5S. The Morgan fingerprint density at radius 1 is 0.942 bits per heavy atom. The van der Waals surface area contributed by atoms with Crippen LogP contribution in [0.15, 0.2) is 29.3 Å². The lowest BCUT2D eigenvalue weighted by atomic mass is 9.88. The van der Waals surface area contributed by atoms with E-state index >= 15 is 0 Å². The number of benzene rings is 1. The number of aliphatic imine (C=N–C) groups is 1. The molecule has 2 bridgehead atoms. The lowest BCUT2D eigenvalue weighted by Gasteiger charge is -2.37. The number of ether oxygens (including phenoxy) is 2. The van der Waals surface area contributed by atoms with Crippen molar-refractivity contribution in [2.45, 2.75) is 117 Å². The topological polar surface area (TPSA) is 120 Å². The average molecular weight is 733 g/mol. The molecule has 5 heterocycles. The van der Waals surface area contributed by atoms with E-state index in [-0.39, 0.29) is 24.5 Å². The molecule has 3 fully saturated rings. The minimum Gasteiger partial charge on any atom is -0.448 e. The van der Waals surface area contributed by atoms with Gasteiger partial charge in [-0.3, -0.25) is 4.79 Å². The molecule has 2 N–H and O–H groups in total. The number of piperazine rings is 1. The largest absolute Gasteiger partial charge is 0.448 e. The van der Waals surface area contributed by atoms with Gasteiger partial charge in [-0.2, -0.15) is 0 Å². The Balaban J connectivity index is 1.28. The summed E-state index contributed by atoms with van der Waals surface area (Å²) >= 11 is 1.68. The van der Waals surface area contributed by atoms with Gasteiger partial charge in [0.2, 0.25) is 11.9 Å². The predicted molar refractivity (Wildman–Crippen MR) is 207 cm³/mol. The predicted octanol–water partition coefficient (Wildman–Crippen LogP) is 7.70. The minimum absolute atomic E-state index is 0.0179. The first-order valence-electron chi connectivity index (χ1n) is 18.8. The van der Waals surface area contributed by atoms with Crippen molar-refractivity contribution in [1.29, 1.82) is 0 Å². The first-order chi connectivity index (χ1) is 24.5. The van der Waals surface area contributed by atoms with Gasteiger partial charge in [0.25, 0.3) is 0 Å². The van der Waals surface area contributed by atoms with Crippen LogP contribution < -0.4 is 5.32 Å². The average Bonchev–Trinajstić information content (AvgIpc) is 3.85. The molecule has 3 aliphatic heterocycles. The zero-order valence-corrected chi connectivity index (χ0v) is 33.2. The molecule has 0 aliphatic carbocycles. The fraction of sp³-hybridized carbons (Fsp3) is 0.600. The Morgan fingerprint density at radius 3 is 2.12 bits per heavy atom. The number of guanidine groups is 1. The van der Waals surface area contributed by atoms with Crippen LogP contribution in [0.2, 0.25) is 0 Å². The fourth-order valence-electron chi connectivity index (χ4n) is 8.08. The smallest absolute Gasteiger partial charge is 0.436 e. The van der Waals surface area contributed by atoms with Crippen molar-refractivity contribution < 1.29 is 23.9 Å². The molecule has 282 valence electrons. The van der Waals surface area contributed by atoms with E-state index in [0.717, 1.165) is 57.6 Å². The van der Waals surface area contributed by atoms with Gasteiger partial charge in [-0.05, 0) is 110 Å². The lowest BCUT2D eigenvalue weighted by Crippen LogP contribution is -2.55. The number of hydrogen-bond acceptors (Lipinski definition) is 6. The molecule has 3 aliphatic rings. The quantitative estimate of drug-likeness (QED) is 0.189. The molecule has 3 aromatic rings. The Bertz CT molecular complexity index is 1810. The van der Waals surface area contributed by atoms with Crippen LogP contribution in [0, 0.1) is 13.8 Å². The molecule has 0 spiro atoms. The van der Waals surface area contributed by atoms with Crippen LogP contribution in [0.25, 0.3) is 21.5 Å². The maximum Gasteiger partial charge on any atom is 0.436 e. The van der Waals surface area contributed by atoms with Crippen molar-refractivity contribution in [3.05, 3.63) is 45.8 Å². The summed E-state index contributed by atoms with van der Waals surface area (Å²) in [4.78, 5) is 55.6. The third-order valence-corrected chi connectivity index (χ3v) is 12.0. The highest BCUT2D eigenvalue weighted by Gasteiger charge is 2.47. The van der Waals surface area contributed by atoms with Crippen molar-refractivity contribution in [2.24, 2.45) is 4.99 Å². The van der Waals surface area contributed by atoms with Crippen molar-refractivity contribution in [1.82, 2.24) is 25.0 Å². The molecule has 0 radical (unpaired) electrons. The first-order valence-corrected chi connectivity index (χ1v) is 19.7. The van der Waals surface area contributed by atoms with Crippen LogP contribution in [0.3, 0.4) is 0 Å². The maximum absolute atomic E-state index is 14.1. The van der Waals surface area contributed by atoms with E-state index in [1.807, 2.05) is 25.7 Å². The maximum atomic E-state index is 14.1. The van der Waals surface area contributed by atoms with Crippen molar-refractivity contribution >= 4 is 45.6 Å². The number of rotatable bonds is 7. The standard InChI is InChI=1S/C40H56N6O5S/c1-10-50-37(48)43-36(44-15-17-45(18-16-44)38(49)51-39(5,6)7)41-23-26(4)32-30-22-31(40(8,9)35(47)46-28-11-12-29(46)14-13-28)52-34(30)42-33(32)27-20-24(2)19-25(3)21-27/h19-22,26,28-29,42H,10-18,23H2,1-9H3,(H,41,43,48)/t26-,28?,29?/m1/s1. The number of thiophene rings is 1. The van der Waals surface area contributed by atoms with E-state index < -0.39 is 17.1 Å². The second kappa shape index (κ2) is 14.8. The molecule has 3 amide bonds. The minimum atomic E-state index is -0.659. The fourth-order valence-corrected chi connectivity index (χ4v) is 9.25. The van der Waals surface area contributed by atoms with Gasteiger partial charge in [-0.25, -0.2) is 9.59 Å². The zero-order chi connectivity index (χ0) is 37.5. The number of aromatic amines is 1. The third-order valence-electron chi connectivity index (χ3n) is 10.6. The summed E-state index contributed by atoms with van der Waals surface area (Å²) in [7, 11) is 0. The van der Waals surface area contributed by atoms with Gasteiger partial charge in [0.05, 0.1) is 17.7 Å². The van der Waals surface area contributed by atoms with E-state index in [1.54, 1.807) is 23.2 Å². The van der Waals surface area contributed by atoms with Crippen LogP contribution >= 0.6 is 11.3 Å². The second-order valence-electron chi connectivity index (χ2n) is 16.3. The molecule has 1 aromatic carbocycles. The summed E-state index contributed by atoms with van der Waals surface area (Å²) in [5, 5.41) is 4.61. The SMILES string of the molecule is CCOC(=O)/N=C(/NC[C@@H](C)c1c(-c2cc(C)cc(C)c2)[nH]c2sc(C(C)(C)C(=O)N3C4CCC3CC4)cc12)N1CCN(C(=O)OC(C)(C)C)CC1. The second-order valence-corrected chi connectivity index (χ2v) is 17.4. The lowest BCUT2D eigenvalue weighted by molar-refractivity contribution is -0.137. The Kier molecular flexibility index (Phi) is 10.7. The Hall–Kier alpha value is -4.06. The number of amides is 3. The highest BCUT2D eigenvalue weighted by atomic mass is 32.1. The number of aryl methyl sites for hydroxylation is 2. The van der Waals surface area contributed by atoms with Gasteiger partial charge in [0, 0.05) is 61.0 Å². The number of H-pyrrole nitrogens is 1. The molecule has 11 nitrogen and oxygen atoms in total. The van der Waals surface area contributed by atoms with Crippen molar-refractivity contribution in [3.63, 3.8) is 0 Å². The number of hydrogen-bond donors (Lipinski definition) is 2. The van der Waals surface area contributed by atoms with E-state index in [2.05, 4.69) is 79.1 Å². The highest BCUT2D eigenvalue weighted by Crippen LogP contribution is 2.45. The summed E-state index contributed by atoms with van der Waals surface area (Å²) in [5.41, 5.74) is 4.49. The van der Waals surface area contributed by atoms with Crippen molar-refractivity contribution in [2.75, 3.05) is 39.3 Å². The highest BCUT2D eigenvalue weighted by molar-refractivity contribution is 7.19. The zero-order valence-electron chi connectivity index (χ0n) is 32.4. The van der Waals surface area contributed by atoms with Crippen LogP contribution in [0.4, 0.5) is 9.59 Å². The molecule has 0 unspecified atom stereocenters. The Morgan fingerprint density at radius 2 is 1.54 bits per heavy atom. The molecule has 3 saturated heterocycles. The molecule has 6 rings (SSSR count). The van der Waals surface area contributed by atoms with Crippen molar-refractivity contribution in [3.8, 4) is 11.3 Å². The number of carbonyl (C=O) groups excluding carboxylic acids is 3. The monoisotopic (exact) mass is 732 g/mol. The number of fused-ring (bicyclic) bond motifs is 3.